The molecule has 11 heavy (non-hydrogen) atoms. The van der Waals surface area contributed by atoms with Crippen LogP contribution in [-0.4, -0.2) is 32.4 Å². The second kappa shape index (κ2) is 2.89. The summed E-state index contributed by atoms with van der Waals surface area (Å²) < 4.78 is 34.3. The molecule has 0 saturated carbocycles. The molecule has 1 aliphatic rings. The van der Waals surface area contributed by atoms with Crippen molar-refractivity contribution in [3.8, 4) is 0 Å². The molecular weight excluding hydrogens is 171 g/mol. The molecule has 0 bridgehead atoms. The third-order valence-electron chi connectivity index (χ3n) is 1.81. The van der Waals surface area contributed by atoms with Gasteiger partial charge in [0.25, 0.3) is 0 Å². The van der Waals surface area contributed by atoms with E-state index in [9.17, 15) is 17.6 Å². The highest BCUT2D eigenvalue weighted by molar-refractivity contribution is 7.91. The molecule has 0 aromatic heterocycles. The van der Waals surface area contributed by atoms with Crippen molar-refractivity contribution in [1.82, 2.24) is 0 Å². The zero-order chi connectivity index (χ0) is 8.48. The standard InChI is InChI=1S/C6H9FO3S/c7-6-4-11(9,10)2-1-5(6)3-8/h3,5-6H,1-2,4H2. The van der Waals surface area contributed by atoms with Gasteiger partial charge in [-0.05, 0) is 6.42 Å². The number of alkyl halides is 1. The molecule has 5 heteroatoms. The lowest BCUT2D eigenvalue weighted by Crippen LogP contribution is -2.34. The molecule has 1 heterocycles. The summed E-state index contributed by atoms with van der Waals surface area (Å²) in [4.78, 5) is 10.1. The van der Waals surface area contributed by atoms with Crippen molar-refractivity contribution in [2.45, 2.75) is 12.6 Å². The predicted molar refractivity (Wildman–Crippen MR) is 37.7 cm³/mol. The molecule has 2 atom stereocenters. The molecule has 0 aromatic carbocycles. The fourth-order valence-corrected chi connectivity index (χ4v) is 2.63. The zero-order valence-electron chi connectivity index (χ0n) is 5.86. The van der Waals surface area contributed by atoms with E-state index in [2.05, 4.69) is 0 Å². The van der Waals surface area contributed by atoms with Crippen LogP contribution in [0.25, 0.3) is 0 Å². The molecule has 0 radical (unpaired) electrons. The summed E-state index contributed by atoms with van der Waals surface area (Å²) in [5.74, 6) is -1.26. The van der Waals surface area contributed by atoms with Crippen LogP contribution in [0.3, 0.4) is 0 Å². The lowest BCUT2D eigenvalue weighted by molar-refractivity contribution is -0.112. The van der Waals surface area contributed by atoms with Crippen LogP contribution >= 0.6 is 0 Å². The van der Waals surface area contributed by atoms with Crippen LogP contribution in [0.15, 0.2) is 0 Å². The summed E-state index contributed by atoms with van der Waals surface area (Å²) in [6.07, 6.45) is -0.863. The van der Waals surface area contributed by atoms with E-state index in [1.807, 2.05) is 0 Å². The number of hydrogen-bond donors (Lipinski definition) is 0. The summed E-state index contributed by atoms with van der Waals surface area (Å²) in [7, 11) is -3.21. The normalized spacial score (nSPS) is 36.5. The van der Waals surface area contributed by atoms with E-state index in [1.165, 1.54) is 0 Å². The average Bonchev–Trinajstić information content (AvgIpc) is 1.86. The highest BCUT2D eigenvalue weighted by atomic mass is 32.2. The zero-order valence-corrected chi connectivity index (χ0v) is 6.68. The van der Waals surface area contributed by atoms with Crippen molar-refractivity contribution in [2.75, 3.05) is 11.5 Å². The lowest BCUT2D eigenvalue weighted by atomic mass is 10.0. The summed E-state index contributed by atoms with van der Waals surface area (Å²) in [5, 5.41) is 0. The van der Waals surface area contributed by atoms with Gasteiger partial charge in [-0.3, -0.25) is 0 Å². The van der Waals surface area contributed by atoms with Crippen molar-refractivity contribution in [2.24, 2.45) is 5.92 Å². The van der Waals surface area contributed by atoms with Crippen LogP contribution in [-0.2, 0) is 14.6 Å². The van der Waals surface area contributed by atoms with Crippen molar-refractivity contribution >= 4 is 16.1 Å². The fraction of sp³-hybridized carbons (Fsp3) is 0.833. The van der Waals surface area contributed by atoms with Gasteiger partial charge in [-0.1, -0.05) is 0 Å². The number of aldehydes is 1. The van der Waals surface area contributed by atoms with Gasteiger partial charge >= 0.3 is 0 Å². The van der Waals surface area contributed by atoms with Crippen LogP contribution in [0.2, 0.25) is 0 Å². The molecule has 0 amide bonds. The Balaban J connectivity index is 2.69. The van der Waals surface area contributed by atoms with E-state index in [1.54, 1.807) is 0 Å². The first-order valence-electron chi connectivity index (χ1n) is 3.35. The number of carbonyl (C=O) groups excluding carboxylic acids is 1. The summed E-state index contributed by atoms with van der Waals surface area (Å²) in [5.41, 5.74) is 0. The largest absolute Gasteiger partial charge is 0.303 e. The van der Waals surface area contributed by atoms with Crippen LogP contribution in [0, 0.1) is 5.92 Å². The third-order valence-corrected chi connectivity index (χ3v) is 3.50. The smallest absolute Gasteiger partial charge is 0.153 e. The van der Waals surface area contributed by atoms with E-state index >= 15 is 0 Å². The van der Waals surface area contributed by atoms with Crippen molar-refractivity contribution in [3.05, 3.63) is 0 Å². The minimum absolute atomic E-state index is 0.0587. The van der Waals surface area contributed by atoms with E-state index in [-0.39, 0.29) is 12.2 Å². The maximum atomic E-state index is 12.7. The fourth-order valence-electron chi connectivity index (χ4n) is 1.10. The highest BCUT2D eigenvalue weighted by Gasteiger charge is 2.32. The SMILES string of the molecule is O=CC1CCS(=O)(=O)CC1F. The molecule has 64 valence electrons. The summed E-state index contributed by atoms with van der Waals surface area (Å²) in [6, 6.07) is 0. The molecule has 1 rings (SSSR count). The van der Waals surface area contributed by atoms with Gasteiger partial charge in [-0.2, -0.15) is 0 Å². The Kier molecular flexibility index (Phi) is 2.27. The maximum absolute atomic E-state index is 12.7. The van der Waals surface area contributed by atoms with Crippen LogP contribution in [0.4, 0.5) is 4.39 Å². The summed E-state index contributed by atoms with van der Waals surface area (Å²) in [6.45, 7) is 0. The van der Waals surface area contributed by atoms with Gasteiger partial charge in [0.2, 0.25) is 0 Å². The van der Waals surface area contributed by atoms with Gasteiger partial charge < -0.3 is 4.79 Å². The monoisotopic (exact) mass is 180 g/mol. The van der Waals surface area contributed by atoms with Crippen molar-refractivity contribution in [3.63, 3.8) is 0 Å². The lowest BCUT2D eigenvalue weighted by Gasteiger charge is -2.20. The Labute approximate surface area is 64.5 Å². The van der Waals surface area contributed by atoms with Gasteiger partial charge in [-0.15, -0.1) is 0 Å². The Hall–Kier alpha value is -0.450. The molecular formula is C6H9FO3S. The first kappa shape index (κ1) is 8.64. The number of halogens is 1. The Morgan fingerprint density at radius 1 is 1.45 bits per heavy atom. The molecule has 0 N–H and O–H groups in total. The van der Waals surface area contributed by atoms with Crippen molar-refractivity contribution < 1.29 is 17.6 Å². The molecule has 1 fully saturated rings. The predicted octanol–water partition coefficient (Wildman–Crippen LogP) is -0.0419. The maximum Gasteiger partial charge on any atom is 0.153 e. The molecule has 2 unspecified atom stereocenters. The highest BCUT2D eigenvalue weighted by Crippen LogP contribution is 2.19. The summed E-state index contributed by atoms with van der Waals surface area (Å²) >= 11 is 0. The number of rotatable bonds is 1. The van der Waals surface area contributed by atoms with Gasteiger partial charge in [0.1, 0.15) is 12.5 Å². The number of carbonyl (C=O) groups is 1. The quantitative estimate of drug-likeness (QED) is 0.532. The van der Waals surface area contributed by atoms with Gasteiger partial charge in [-0.25, -0.2) is 12.8 Å². The van der Waals surface area contributed by atoms with Crippen LogP contribution in [0.5, 0.6) is 0 Å². The van der Waals surface area contributed by atoms with Crippen LogP contribution in [0.1, 0.15) is 6.42 Å². The molecule has 0 spiro atoms. The van der Waals surface area contributed by atoms with Gasteiger partial charge in [0, 0.05) is 5.92 Å². The molecule has 1 saturated heterocycles. The first-order valence-corrected chi connectivity index (χ1v) is 5.17. The second-order valence-corrected chi connectivity index (χ2v) is 4.95. The Morgan fingerprint density at radius 3 is 2.55 bits per heavy atom. The Morgan fingerprint density at radius 2 is 2.09 bits per heavy atom. The number of sulfone groups is 1. The van der Waals surface area contributed by atoms with Crippen molar-refractivity contribution in [1.29, 1.82) is 0 Å². The van der Waals surface area contributed by atoms with Crippen LogP contribution < -0.4 is 0 Å². The first-order chi connectivity index (χ1) is 5.05. The minimum atomic E-state index is -3.21. The Bertz CT molecular complexity index is 247. The minimum Gasteiger partial charge on any atom is -0.303 e. The third kappa shape index (κ3) is 1.99. The number of hydrogen-bond acceptors (Lipinski definition) is 3. The topological polar surface area (TPSA) is 51.2 Å². The van der Waals surface area contributed by atoms with E-state index in [0.717, 1.165) is 0 Å². The molecule has 0 aromatic rings. The van der Waals surface area contributed by atoms with Gasteiger partial charge in [0.15, 0.2) is 9.84 Å². The van der Waals surface area contributed by atoms with E-state index in [4.69, 9.17) is 0 Å². The second-order valence-electron chi connectivity index (χ2n) is 2.72. The molecule has 3 nitrogen and oxygen atoms in total. The van der Waals surface area contributed by atoms with E-state index < -0.39 is 27.7 Å². The van der Waals surface area contributed by atoms with Gasteiger partial charge in [0.05, 0.1) is 11.5 Å². The van der Waals surface area contributed by atoms with E-state index in [0.29, 0.717) is 6.29 Å². The molecule has 1 aliphatic heterocycles. The molecule has 0 aliphatic carbocycles. The average molecular weight is 180 g/mol.